The number of halogens is 2. The van der Waals surface area contributed by atoms with E-state index in [1.807, 2.05) is 6.92 Å². The van der Waals surface area contributed by atoms with Gasteiger partial charge in [-0.25, -0.2) is 9.89 Å². The number of nitriles is 1. The molecule has 0 saturated heterocycles. The average molecular weight is 495 g/mol. The van der Waals surface area contributed by atoms with Crippen molar-refractivity contribution in [1.82, 2.24) is 15.5 Å². The molecule has 0 radical (unpaired) electrons. The van der Waals surface area contributed by atoms with Gasteiger partial charge < -0.3 is 9.47 Å². The molecule has 1 aromatic carbocycles. The van der Waals surface area contributed by atoms with Crippen molar-refractivity contribution < 1.29 is 21.8 Å². The lowest BCUT2D eigenvalue weighted by atomic mass is 10.1. The number of hydrazone groups is 1. The molecule has 3 N–H and O–H groups in total. The fourth-order valence-electron chi connectivity index (χ4n) is 3.09. The Kier molecular flexibility index (Phi) is 6.65. The molecule has 1 aliphatic carbocycles. The van der Waals surface area contributed by atoms with E-state index in [0.29, 0.717) is 17.5 Å². The molecule has 0 aliphatic heterocycles. The molecule has 33 heavy (non-hydrogen) atoms. The van der Waals surface area contributed by atoms with Crippen molar-refractivity contribution in [3.8, 4) is 17.7 Å². The van der Waals surface area contributed by atoms with E-state index in [0.717, 1.165) is 6.42 Å². The molecule has 2 amide bonds. The highest BCUT2D eigenvalue weighted by atomic mass is 35.5. The number of nitrogens with one attached hydrogen (secondary N) is 3. The summed E-state index contributed by atoms with van der Waals surface area (Å²) in [6.45, 7) is 3.43. The topological polar surface area (TPSA) is 159 Å². The summed E-state index contributed by atoms with van der Waals surface area (Å²) in [7, 11) is 0. The van der Waals surface area contributed by atoms with Gasteiger partial charge in [0.2, 0.25) is 11.6 Å². The summed E-state index contributed by atoms with van der Waals surface area (Å²) in [6, 6.07) is 0.532. The first-order valence-corrected chi connectivity index (χ1v) is 10.4. The van der Waals surface area contributed by atoms with Gasteiger partial charge in [-0.3, -0.25) is 20.3 Å². The Hall–Kier alpha value is -3.62. The minimum Gasteiger partial charge on any atom is -0.450 e. The molecule has 1 unspecified atom stereocenters. The smallest absolute Gasteiger partial charge is 0.414 e. The third-order valence-electron chi connectivity index (χ3n) is 4.57. The highest BCUT2D eigenvalue weighted by Crippen LogP contribution is 2.41. The van der Waals surface area contributed by atoms with Crippen molar-refractivity contribution in [2.45, 2.75) is 32.6 Å². The molecule has 0 bridgehead atoms. The van der Waals surface area contributed by atoms with Gasteiger partial charge in [0.25, 0.3) is 11.5 Å². The van der Waals surface area contributed by atoms with Gasteiger partial charge in [0.05, 0.1) is 25.1 Å². The molecule has 0 saturated carbocycles. The maximum atomic E-state index is 12.1. The van der Waals surface area contributed by atoms with E-state index in [2.05, 4.69) is 25.5 Å². The lowest BCUT2D eigenvalue weighted by Crippen LogP contribution is -2.36. The molecule has 0 fully saturated rings. The summed E-state index contributed by atoms with van der Waals surface area (Å²) in [4.78, 5) is 35.5. The highest BCUT2D eigenvalue weighted by molar-refractivity contribution is 6.47. The zero-order valence-corrected chi connectivity index (χ0v) is 18.8. The standard InChI is InChI=1S/C20H18Cl2N6O5/c1-3-32-20(31)24-17(29)14(8-23)26-25-10-6-12(21)16(13(22)7-10)33-19-11-5-4-9(2)15(11)18(30)27-28-19/h6-7,9,25H,3-5H2,1-2H3,(H,27,30)(H,24,29,31)/b26-14-/i6D,7D. The summed E-state index contributed by atoms with van der Waals surface area (Å²) in [6.07, 6.45) is 0.187. The number of benzene rings is 1. The van der Waals surface area contributed by atoms with E-state index in [1.54, 1.807) is 5.32 Å². The summed E-state index contributed by atoms with van der Waals surface area (Å²) in [5.41, 5.74) is 1.92. The minimum absolute atomic E-state index is 0.00261. The van der Waals surface area contributed by atoms with E-state index in [-0.39, 0.29) is 45.4 Å². The number of aromatic nitrogens is 2. The molecule has 3 rings (SSSR count). The first-order valence-electron chi connectivity index (χ1n) is 10.6. The summed E-state index contributed by atoms with van der Waals surface area (Å²) in [5, 5.41) is 20.1. The first-order chi connectivity index (χ1) is 16.6. The van der Waals surface area contributed by atoms with Crippen LogP contribution in [0.25, 0.3) is 0 Å². The molecule has 11 nitrogen and oxygen atoms in total. The first kappa shape index (κ1) is 21.2. The number of ether oxygens (including phenoxy) is 2. The molecule has 13 heteroatoms. The van der Waals surface area contributed by atoms with Crippen molar-refractivity contribution in [3.63, 3.8) is 0 Å². The lowest BCUT2D eigenvalue weighted by Gasteiger charge is -2.13. The average Bonchev–Trinajstić information content (AvgIpc) is 3.21. The second-order valence-electron chi connectivity index (χ2n) is 6.73. The van der Waals surface area contributed by atoms with Crippen LogP contribution in [-0.2, 0) is 16.0 Å². The molecule has 172 valence electrons. The van der Waals surface area contributed by atoms with Crippen LogP contribution in [0.4, 0.5) is 10.5 Å². The van der Waals surface area contributed by atoms with E-state index >= 15 is 0 Å². The summed E-state index contributed by atoms with van der Waals surface area (Å²) >= 11 is 12.6. The van der Waals surface area contributed by atoms with Gasteiger partial charge in [0, 0.05) is 11.1 Å². The summed E-state index contributed by atoms with van der Waals surface area (Å²) < 4.78 is 26.8. The number of nitrogens with zero attached hydrogens (tertiary/aromatic N) is 3. The fraction of sp³-hybridized carbons (Fsp3) is 0.300. The van der Waals surface area contributed by atoms with Gasteiger partial charge in [-0.1, -0.05) is 30.1 Å². The number of H-pyrrole nitrogens is 1. The van der Waals surface area contributed by atoms with Gasteiger partial charge in [-0.15, -0.1) is 5.10 Å². The normalized spacial score (nSPS) is 15.6. The van der Waals surface area contributed by atoms with Crippen LogP contribution < -0.4 is 21.0 Å². The molecule has 1 aromatic heterocycles. The quantitative estimate of drug-likeness (QED) is 0.406. The second kappa shape index (κ2) is 10.3. The largest absolute Gasteiger partial charge is 0.450 e. The van der Waals surface area contributed by atoms with E-state index in [9.17, 15) is 14.4 Å². The van der Waals surface area contributed by atoms with Crippen LogP contribution in [0.5, 0.6) is 11.6 Å². The number of imide groups is 1. The molecule has 1 atom stereocenters. The van der Waals surface area contributed by atoms with Crippen LogP contribution in [0, 0.1) is 11.3 Å². The number of amides is 2. The molecule has 2 aromatic rings. The van der Waals surface area contributed by atoms with Crippen LogP contribution in [-0.4, -0.2) is 34.5 Å². The van der Waals surface area contributed by atoms with Gasteiger partial charge in [0.1, 0.15) is 6.07 Å². The number of fused-ring (bicyclic) bond motifs is 1. The molecule has 0 spiro atoms. The highest BCUT2D eigenvalue weighted by Gasteiger charge is 2.27. The molecule has 1 heterocycles. The third kappa shape index (κ3) is 5.42. The van der Waals surface area contributed by atoms with Crippen LogP contribution in [0.3, 0.4) is 0 Å². The monoisotopic (exact) mass is 494 g/mol. The van der Waals surface area contributed by atoms with Crippen molar-refractivity contribution in [1.29, 1.82) is 5.26 Å². The number of alkyl carbamates (subject to hydrolysis) is 1. The Morgan fingerprint density at radius 1 is 1.42 bits per heavy atom. The zero-order chi connectivity index (χ0) is 25.9. The minimum atomic E-state index is -1.17. The number of carbonyl (C=O) groups excluding carboxylic acids is 2. The van der Waals surface area contributed by atoms with Crippen LogP contribution in [0.1, 0.15) is 40.1 Å². The number of carbonyl (C=O) groups is 2. The molecular formula is C20H18Cl2N6O5. The van der Waals surface area contributed by atoms with E-state index < -0.39 is 29.8 Å². The van der Waals surface area contributed by atoms with Crippen molar-refractivity contribution in [3.05, 3.63) is 43.6 Å². The SMILES string of the molecule is [2H]c1c(Cl)c(Oc2n[nH]c(=O)c3c2CCC3C)c(Cl)c([2H])c1N/N=C(/C#N)C(=O)NC(=O)OCC. The number of aromatic amines is 1. The van der Waals surface area contributed by atoms with Crippen molar-refractivity contribution in [2.24, 2.45) is 5.10 Å². The van der Waals surface area contributed by atoms with Gasteiger partial charge in [-0.05, 0) is 37.8 Å². The van der Waals surface area contributed by atoms with Gasteiger partial charge >= 0.3 is 6.09 Å². The predicted molar refractivity (Wildman–Crippen MR) is 120 cm³/mol. The second-order valence-corrected chi connectivity index (χ2v) is 7.49. The number of hydrogen-bond acceptors (Lipinski definition) is 9. The van der Waals surface area contributed by atoms with Crippen LogP contribution >= 0.6 is 23.2 Å². The third-order valence-corrected chi connectivity index (χ3v) is 5.10. The predicted octanol–water partition coefficient (Wildman–Crippen LogP) is 3.48. The van der Waals surface area contributed by atoms with Gasteiger partial charge in [-0.2, -0.15) is 10.4 Å². The zero-order valence-electron chi connectivity index (χ0n) is 19.3. The Bertz CT molecular complexity index is 1310. The number of hydrogen-bond donors (Lipinski definition) is 3. The van der Waals surface area contributed by atoms with Crippen LogP contribution in [0.2, 0.25) is 10.0 Å². The summed E-state index contributed by atoms with van der Waals surface area (Å²) in [5.74, 6) is -1.35. The van der Waals surface area contributed by atoms with E-state index in [4.69, 9.17) is 35.9 Å². The van der Waals surface area contributed by atoms with Crippen molar-refractivity contribution in [2.75, 3.05) is 12.0 Å². The molecule has 1 aliphatic rings. The Morgan fingerprint density at radius 2 is 2.12 bits per heavy atom. The number of rotatable bonds is 6. The van der Waals surface area contributed by atoms with Gasteiger partial charge in [0.15, 0.2) is 5.75 Å². The van der Waals surface area contributed by atoms with Crippen LogP contribution in [0.15, 0.2) is 22.0 Å². The number of anilines is 1. The Labute approximate surface area is 200 Å². The fourth-order valence-corrected chi connectivity index (χ4v) is 3.60. The maximum Gasteiger partial charge on any atom is 0.414 e. The maximum absolute atomic E-state index is 12.1. The van der Waals surface area contributed by atoms with Crippen molar-refractivity contribution >= 4 is 46.6 Å². The van der Waals surface area contributed by atoms with E-state index in [1.165, 1.54) is 13.0 Å². The Morgan fingerprint density at radius 3 is 2.76 bits per heavy atom. The lowest BCUT2D eigenvalue weighted by molar-refractivity contribution is -0.114. The Balaban J connectivity index is 1.93. The molecular weight excluding hydrogens is 475 g/mol.